The number of carbonyl (C=O) groups excluding carboxylic acids is 2. The van der Waals surface area contributed by atoms with E-state index in [0.29, 0.717) is 11.1 Å². The predicted octanol–water partition coefficient (Wildman–Crippen LogP) is 1.68. The number of aromatic nitrogens is 4. The lowest BCUT2D eigenvalue weighted by Gasteiger charge is -2.07. The van der Waals surface area contributed by atoms with E-state index in [0.717, 1.165) is 5.69 Å². The first-order chi connectivity index (χ1) is 12.2. The summed E-state index contributed by atoms with van der Waals surface area (Å²) in [5.74, 6) is -0.957. The van der Waals surface area contributed by atoms with Crippen molar-refractivity contribution in [2.24, 2.45) is 0 Å². The fourth-order valence-electron chi connectivity index (χ4n) is 2.04. The quantitative estimate of drug-likeness (QED) is 0.498. The van der Waals surface area contributed by atoms with E-state index in [-0.39, 0.29) is 13.2 Å². The molecule has 0 unspecified atom stereocenters. The molecule has 0 aliphatic carbocycles. The number of esters is 2. The van der Waals surface area contributed by atoms with E-state index < -0.39 is 11.9 Å². The van der Waals surface area contributed by atoms with Crippen molar-refractivity contribution in [2.75, 3.05) is 13.2 Å². The van der Waals surface area contributed by atoms with Gasteiger partial charge >= 0.3 is 11.9 Å². The van der Waals surface area contributed by atoms with Gasteiger partial charge in [0, 0.05) is 0 Å². The molecule has 0 saturated carbocycles. The molecule has 2 aromatic carbocycles. The first kappa shape index (κ1) is 16.3. The molecule has 0 bridgehead atoms. The number of tetrazole rings is 1. The van der Waals surface area contributed by atoms with Gasteiger partial charge in [0.1, 0.15) is 19.5 Å². The van der Waals surface area contributed by atoms with E-state index in [1.165, 1.54) is 11.0 Å². The molecule has 25 heavy (non-hydrogen) atoms. The average molecular weight is 338 g/mol. The molecule has 0 fully saturated rings. The molecule has 0 radical (unpaired) electrons. The van der Waals surface area contributed by atoms with Gasteiger partial charge in [-0.2, -0.15) is 0 Å². The van der Waals surface area contributed by atoms with E-state index in [2.05, 4.69) is 15.5 Å². The van der Waals surface area contributed by atoms with Crippen LogP contribution in [0.5, 0.6) is 0 Å². The molecule has 126 valence electrons. The van der Waals surface area contributed by atoms with Crippen LogP contribution in [0.3, 0.4) is 0 Å². The second-order valence-corrected chi connectivity index (χ2v) is 4.94. The van der Waals surface area contributed by atoms with Gasteiger partial charge in [0.2, 0.25) is 0 Å². The van der Waals surface area contributed by atoms with Gasteiger partial charge in [-0.05, 0) is 46.8 Å². The van der Waals surface area contributed by atoms with Crippen molar-refractivity contribution in [1.29, 1.82) is 0 Å². The van der Waals surface area contributed by atoms with E-state index in [4.69, 9.17) is 9.47 Å². The molecule has 0 aliphatic heterocycles. The number of hydrogen-bond acceptors (Lipinski definition) is 7. The van der Waals surface area contributed by atoms with Crippen LogP contribution in [0.1, 0.15) is 20.7 Å². The van der Waals surface area contributed by atoms with Crippen LogP contribution in [-0.2, 0) is 9.47 Å². The molecule has 3 aromatic rings. The predicted molar refractivity (Wildman–Crippen MR) is 86.2 cm³/mol. The van der Waals surface area contributed by atoms with Gasteiger partial charge in [-0.15, -0.1) is 5.10 Å². The van der Waals surface area contributed by atoms with Gasteiger partial charge in [0.25, 0.3) is 0 Å². The standard InChI is InChI=1S/C17H14N4O4/c22-16(13-4-2-1-3-5-13)24-10-11-25-17(23)14-6-8-15(9-7-14)21-12-18-19-20-21/h1-9,12H,10-11H2. The third kappa shape index (κ3) is 4.25. The van der Waals surface area contributed by atoms with Gasteiger partial charge in [-0.25, -0.2) is 14.3 Å². The van der Waals surface area contributed by atoms with Gasteiger partial charge in [0.15, 0.2) is 0 Å². The minimum Gasteiger partial charge on any atom is -0.458 e. The molecule has 0 saturated heterocycles. The molecular weight excluding hydrogens is 324 g/mol. The van der Waals surface area contributed by atoms with Crippen LogP contribution in [0.4, 0.5) is 0 Å². The van der Waals surface area contributed by atoms with Crippen molar-refractivity contribution in [3.05, 3.63) is 72.1 Å². The first-order valence-corrected chi connectivity index (χ1v) is 7.47. The topological polar surface area (TPSA) is 96.2 Å². The van der Waals surface area contributed by atoms with E-state index in [1.54, 1.807) is 48.5 Å². The Labute approximate surface area is 143 Å². The summed E-state index contributed by atoms with van der Waals surface area (Å²) >= 11 is 0. The number of ether oxygens (including phenoxy) is 2. The minimum atomic E-state index is -0.501. The fourth-order valence-corrected chi connectivity index (χ4v) is 2.04. The van der Waals surface area contributed by atoms with Crippen LogP contribution < -0.4 is 0 Å². The van der Waals surface area contributed by atoms with Crippen molar-refractivity contribution < 1.29 is 19.1 Å². The molecule has 3 rings (SSSR count). The average Bonchev–Trinajstić information content (AvgIpc) is 3.20. The minimum absolute atomic E-state index is 0.0117. The highest BCUT2D eigenvalue weighted by Gasteiger charge is 2.09. The highest BCUT2D eigenvalue weighted by Crippen LogP contribution is 2.09. The Kier molecular flexibility index (Phi) is 5.10. The Morgan fingerprint density at radius 1 is 0.840 bits per heavy atom. The lowest BCUT2D eigenvalue weighted by molar-refractivity contribution is 0.0265. The third-order valence-corrected chi connectivity index (χ3v) is 3.28. The number of hydrogen-bond donors (Lipinski definition) is 0. The number of rotatable bonds is 6. The number of carbonyl (C=O) groups is 2. The molecule has 8 heteroatoms. The van der Waals surface area contributed by atoms with Crippen LogP contribution >= 0.6 is 0 Å². The SMILES string of the molecule is O=C(OCCOC(=O)c1ccc(-n2cnnn2)cc1)c1ccccc1. The third-order valence-electron chi connectivity index (χ3n) is 3.28. The summed E-state index contributed by atoms with van der Waals surface area (Å²) in [6.45, 7) is -0.0334. The van der Waals surface area contributed by atoms with Gasteiger partial charge in [0.05, 0.1) is 16.8 Å². The summed E-state index contributed by atoms with van der Waals surface area (Å²) in [4.78, 5) is 23.7. The van der Waals surface area contributed by atoms with Crippen molar-refractivity contribution in [3.8, 4) is 5.69 Å². The second-order valence-electron chi connectivity index (χ2n) is 4.94. The number of benzene rings is 2. The van der Waals surface area contributed by atoms with Gasteiger partial charge < -0.3 is 9.47 Å². The van der Waals surface area contributed by atoms with Crippen LogP contribution in [0.25, 0.3) is 5.69 Å². The van der Waals surface area contributed by atoms with Crippen LogP contribution in [-0.4, -0.2) is 45.4 Å². The van der Waals surface area contributed by atoms with E-state index in [9.17, 15) is 9.59 Å². The largest absolute Gasteiger partial charge is 0.458 e. The van der Waals surface area contributed by atoms with Crippen molar-refractivity contribution in [1.82, 2.24) is 20.2 Å². The molecule has 0 aliphatic rings. The second kappa shape index (κ2) is 7.82. The van der Waals surface area contributed by atoms with Crippen molar-refractivity contribution in [2.45, 2.75) is 0 Å². The zero-order chi connectivity index (χ0) is 17.5. The molecule has 1 heterocycles. The monoisotopic (exact) mass is 338 g/mol. The molecule has 8 nitrogen and oxygen atoms in total. The van der Waals surface area contributed by atoms with Gasteiger partial charge in [-0.3, -0.25) is 0 Å². The normalized spacial score (nSPS) is 10.2. The molecule has 1 aromatic heterocycles. The number of nitrogens with zero attached hydrogens (tertiary/aromatic N) is 4. The Morgan fingerprint density at radius 2 is 1.44 bits per heavy atom. The molecule has 0 N–H and O–H groups in total. The maximum atomic E-state index is 11.9. The molecular formula is C17H14N4O4. The summed E-state index contributed by atoms with van der Waals surface area (Å²) in [7, 11) is 0. The zero-order valence-corrected chi connectivity index (χ0v) is 13.1. The van der Waals surface area contributed by atoms with Gasteiger partial charge in [-0.1, -0.05) is 18.2 Å². The van der Waals surface area contributed by atoms with E-state index in [1.807, 2.05) is 6.07 Å². The summed E-state index contributed by atoms with van der Waals surface area (Å²) in [5.41, 5.74) is 1.55. The lowest BCUT2D eigenvalue weighted by Crippen LogP contribution is -2.14. The molecule has 0 atom stereocenters. The zero-order valence-electron chi connectivity index (χ0n) is 13.1. The lowest BCUT2D eigenvalue weighted by atomic mass is 10.2. The van der Waals surface area contributed by atoms with Crippen LogP contribution in [0.15, 0.2) is 60.9 Å². The Hall–Kier alpha value is -3.55. The summed E-state index contributed by atoms with van der Waals surface area (Å²) < 4.78 is 11.6. The molecule has 0 spiro atoms. The molecule has 0 amide bonds. The summed E-state index contributed by atoms with van der Waals surface area (Å²) in [6.07, 6.45) is 1.45. The smallest absolute Gasteiger partial charge is 0.338 e. The Bertz CT molecular complexity index is 833. The van der Waals surface area contributed by atoms with Crippen LogP contribution in [0, 0.1) is 0 Å². The Balaban J connectivity index is 1.46. The summed E-state index contributed by atoms with van der Waals surface area (Å²) in [6, 6.07) is 15.2. The highest BCUT2D eigenvalue weighted by molar-refractivity contribution is 5.90. The fraction of sp³-hybridized carbons (Fsp3) is 0.118. The maximum Gasteiger partial charge on any atom is 0.338 e. The van der Waals surface area contributed by atoms with Crippen molar-refractivity contribution >= 4 is 11.9 Å². The van der Waals surface area contributed by atoms with Crippen LogP contribution in [0.2, 0.25) is 0 Å². The van der Waals surface area contributed by atoms with E-state index >= 15 is 0 Å². The maximum absolute atomic E-state index is 11.9. The van der Waals surface area contributed by atoms with Crippen molar-refractivity contribution in [3.63, 3.8) is 0 Å². The summed E-state index contributed by atoms with van der Waals surface area (Å²) in [5, 5.41) is 10.8. The first-order valence-electron chi connectivity index (χ1n) is 7.47. The Morgan fingerprint density at radius 3 is 2.00 bits per heavy atom. The highest BCUT2D eigenvalue weighted by atomic mass is 16.6.